The Morgan fingerprint density at radius 3 is 2.56 bits per heavy atom. The van der Waals surface area contributed by atoms with Crippen molar-refractivity contribution in [2.45, 2.75) is 33.6 Å². The Hall–Kier alpha value is -1.12. The third kappa shape index (κ3) is 2.52. The van der Waals surface area contributed by atoms with Gasteiger partial charge in [0.05, 0.1) is 0 Å². The molecular weight excluding hydrogens is 198 g/mol. The highest BCUT2D eigenvalue weighted by Gasteiger charge is 2.22. The monoisotopic (exact) mass is 219 g/mol. The number of aromatic nitrogens is 2. The summed E-state index contributed by atoms with van der Waals surface area (Å²) in [5.41, 5.74) is 1.05. The van der Waals surface area contributed by atoms with E-state index in [1.807, 2.05) is 19.2 Å². The van der Waals surface area contributed by atoms with E-state index >= 15 is 0 Å². The van der Waals surface area contributed by atoms with Gasteiger partial charge in [0.25, 0.3) is 0 Å². The first kappa shape index (κ1) is 11.4. The molecule has 1 aromatic rings. The summed E-state index contributed by atoms with van der Waals surface area (Å²) in [6.45, 7) is 8.87. The van der Waals surface area contributed by atoms with Crippen LogP contribution in [-0.4, -0.2) is 23.1 Å². The molecule has 0 radical (unpaired) electrons. The number of rotatable bonds is 2. The van der Waals surface area contributed by atoms with Crippen molar-refractivity contribution >= 4 is 5.95 Å². The van der Waals surface area contributed by atoms with E-state index in [4.69, 9.17) is 0 Å². The van der Waals surface area contributed by atoms with Gasteiger partial charge in [-0.25, -0.2) is 9.97 Å². The second-order valence-electron chi connectivity index (χ2n) is 5.07. The molecule has 0 atom stereocenters. The SMILES string of the molecule is Cc1ccnc(N2CCC(C(C)C)CC2)n1. The van der Waals surface area contributed by atoms with Gasteiger partial charge >= 0.3 is 0 Å². The molecule has 1 fully saturated rings. The van der Waals surface area contributed by atoms with Gasteiger partial charge in [-0.15, -0.1) is 0 Å². The molecule has 1 saturated heterocycles. The van der Waals surface area contributed by atoms with Crippen LogP contribution in [-0.2, 0) is 0 Å². The number of aryl methyl sites for hydroxylation is 1. The maximum atomic E-state index is 4.48. The van der Waals surface area contributed by atoms with E-state index in [-0.39, 0.29) is 0 Å². The van der Waals surface area contributed by atoms with Crippen molar-refractivity contribution in [2.24, 2.45) is 11.8 Å². The Balaban J connectivity index is 1.99. The summed E-state index contributed by atoms with van der Waals surface area (Å²) in [6.07, 6.45) is 4.40. The summed E-state index contributed by atoms with van der Waals surface area (Å²) in [7, 11) is 0. The van der Waals surface area contributed by atoms with Crippen LogP contribution in [0.5, 0.6) is 0 Å². The molecule has 3 nitrogen and oxygen atoms in total. The molecule has 0 aliphatic carbocycles. The largest absolute Gasteiger partial charge is 0.341 e. The molecule has 0 amide bonds. The fourth-order valence-corrected chi connectivity index (χ4v) is 2.35. The normalized spacial score (nSPS) is 18.1. The van der Waals surface area contributed by atoms with Gasteiger partial charge in [-0.05, 0) is 37.7 Å². The molecule has 0 saturated carbocycles. The van der Waals surface area contributed by atoms with Crippen molar-refractivity contribution in [3.8, 4) is 0 Å². The van der Waals surface area contributed by atoms with Gasteiger partial charge in [-0.2, -0.15) is 0 Å². The van der Waals surface area contributed by atoms with E-state index in [0.29, 0.717) is 0 Å². The minimum atomic E-state index is 0.806. The third-order valence-electron chi connectivity index (χ3n) is 3.55. The molecule has 2 rings (SSSR count). The lowest BCUT2D eigenvalue weighted by molar-refractivity contribution is 0.310. The van der Waals surface area contributed by atoms with Crippen LogP contribution in [0.1, 0.15) is 32.4 Å². The molecule has 0 aromatic carbocycles. The van der Waals surface area contributed by atoms with E-state index in [1.54, 1.807) is 0 Å². The fraction of sp³-hybridized carbons (Fsp3) is 0.692. The van der Waals surface area contributed by atoms with E-state index in [1.165, 1.54) is 12.8 Å². The van der Waals surface area contributed by atoms with E-state index in [0.717, 1.165) is 36.6 Å². The zero-order valence-corrected chi connectivity index (χ0v) is 10.5. The second kappa shape index (κ2) is 4.81. The number of hydrogen-bond acceptors (Lipinski definition) is 3. The molecule has 0 bridgehead atoms. The topological polar surface area (TPSA) is 29.0 Å². The highest BCUT2D eigenvalue weighted by molar-refractivity contribution is 5.30. The molecule has 1 aliphatic rings. The van der Waals surface area contributed by atoms with Crippen LogP contribution in [0.25, 0.3) is 0 Å². The summed E-state index contributed by atoms with van der Waals surface area (Å²) in [5, 5.41) is 0. The molecule has 16 heavy (non-hydrogen) atoms. The lowest BCUT2D eigenvalue weighted by atomic mass is 9.87. The van der Waals surface area contributed by atoms with Crippen molar-refractivity contribution in [3.63, 3.8) is 0 Å². The quantitative estimate of drug-likeness (QED) is 0.765. The van der Waals surface area contributed by atoms with Gasteiger partial charge < -0.3 is 4.90 Å². The first-order valence-corrected chi connectivity index (χ1v) is 6.21. The standard InChI is InChI=1S/C13H21N3/c1-10(2)12-5-8-16(9-6-12)13-14-7-4-11(3)15-13/h4,7,10,12H,5-6,8-9H2,1-3H3. The van der Waals surface area contributed by atoms with Crippen LogP contribution in [0.2, 0.25) is 0 Å². The van der Waals surface area contributed by atoms with Crippen molar-refractivity contribution in [1.29, 1.82) is 0 Å². The Kier molecular flexibility index (Phi) is 3.42. The maximum absolute atomic E-state index is 4.48. The maximum Gasteiger partial charge on any atom is 0.225 e. The number of piperidine rings is 1. The van der Waals surface area contributed by atoms with Gasteiger partial charge in [-0.1, -0.05) is 13.8 Å². The molecule has 1 aromatic heterocycles. The predicted molar refractivity (Wildman–Crippen MR) is 66.5 cm³/mol. The van der Waals surface area contributed by atoms with Crippen molar-refractivity contribution in [3.05, 3.63) is 18.0 Å². The van der Waals surface area contributed by atoms with Crippen LogP contribution in [0, 0.1) is 18.8 Å². The molecule has 1 aliphatic heterocycles. The van der Waals surface area contributed by atoms with Crippen LogP contribution >= 0.6 is 0 Å². The molecule has 0 unspecified atom stereocenters. The predicted octanol–water partition coefficient (Wildman–Crippen LogP) is 2.66. The summed E-state index contributed by atoms with van der Waals surface area (Å²) in [4.78, 5) is 11.1. The Morgan fingerprint density at radius 2 is 2.00 bits per heavy atom. The first-order chi connectivity index (χ1) is 7.66. The second-order valence-corrected chi connectivity index (χ2v) is 5.07. The Morgan fingerprint density at radius 1 is 1.31 bits per heavy atom. The van der Waals surface area contributed by atoms with Gasteiger partial charge in [0.15, 0.2) is 0 Å². The lowest BCUT2D eigenvalue weighted by Gasteiger charge is -2.33. The van der Waals surface area contributed by atoms with Crippen LogP contribution in [0.3, 0.4) is 0 Å². The Labute approximate surface area is 97.9 Å². The van der Waals surface area contributed by atoms with Crippen LogP contribution < -0.4 is 4.90 Å². The van der Waals surface area contributed by atoms with Crippen molar-refractivity contribution in [1.82, 2.24) is 9.97 Å². The van der Waals surface area contributed by atoms with E-state index in [9.17, 15) is 0 Å². The average molecular weight is 219 g/mol. The highest BCUT2D eigenvalue weighted by Crippen LogP contribution is 2.26. The third-order valence-corrected chi connectivity index (χ3v) is 3.55. The van der Waals surface area contributed by atoms with E-state index in [2.05, 4.69) is 28.7 Å². The molecule has 0 spiro atoms. The zero-order chi connectivity index (χ0) is 11.5. The summed E-state index contributed by atoms with van der Waals surface area (Å²) >= 11 is 0. The van der Waals surface area contributed by atoms with Crippen molar-refractivity contribution < 1.29 is 0 Å². The number of nitrogens with zero attached hydrogens (tertiary/aromatic N) is 3. The molecule has 0 N–H and O–H groups in total. The molecule has 88 valence electrons. The minimum Gasteiger partial charge on any atom is -0.341 e. The highest BCUT2D eigenvalue weighted by atomic mass is 15.2. The van der Waals surface area contributed by atoms with Gasteiger partial charge in [0.1, 0.15) is 0 Å². The lowest BCUT2D eigenvalue weighted by Crippen LogP contribution is -2.36. The van der Waals surface area contributed by atoms with Gasteiger partial charge in [0, 0.05) is 25.0 Å². The van der Waals surface area contributed by atoms with Crippen molar-refractivity contribution in [2.75, 3.05) is 18.0 Å². The fourth-order valence-electron chi connectivity index (χ4n) is 2.35. The Bertz CT molecular complexity index is 341. The molecular formula is C13H21N3. The smallest absolute Gasteiger partial charge is 0.225 e. The summed E-state index contributed by atoms with van der Waals surface area (Å²) in [6, 6.07) is 1.95. The average Bonchev–Trinajstić information content (AvgIpc) is 2.29. The van der Waals surface area contributed by atoms with Gasteiger partial charge in [-0.3, -0.25) is 0 Å². The zero-order valence-electron chi connectivity index (χ0n) is 10.5. The molecule has 3 heteroatoms. The van der Waals surface area contributed by atoms with Crippen LogP contribution in [0.15, 0.2) is 12.3 Å². The van der Waals surface area contributed by atoms with E-state index < -0.39 is 0 Å². The van der Waals surface area contributed by atoms with Gasteiger partial charge in [0.2, 0.25) is 5.95 Å². The first-order valence-electron chi connectivity index (χ1n) is 6.21. The number of hydrogen-bond donors (Lipinski definition) is 0. The summed E-state index contributed by atoms with van der Waals surface area (Å²) < 4.78 is 0. The minimum absolute atomic E-state index is 0.806. The summed E-state index contributed by atoms with van der Waals surface area (Å²) in [5.74, 6) is 2.59. The number of anilines is 1. The van der Waals surface area contributed by atoms with Crippen LogP contribution in [0.4, 0.5) is 5.95 Å². The molecule has 2 heterocycles.